The van der Waals surface area contributed by atoms with Crippen molar-refractivity contribution in [3.05, 3.63) is 28.2 Å². The van der Waals surface area contributed by atoms with Crippen LogP contribution < -0.4 is 5.32 Å². The summed E-state index contributed by atoms with van der Waals surface area (Å²) in [6, 6.07) is 1.57. The highest BCUT2D eigenvalue weighted by Gasteiger charge is 2.19. The van der Waals surface area contributed by atoms with Crippen LogP contribution in [0.4, 0.5) is 4.39 Å². The van der Waals surface area contributed by atoms with Gasteiger partial charge in [-0.1, -0.05) is 6.42 Å². The molecule has 0 amide bonds. The molecule has 1 aliphatic rings. The zero-order chi connectivity index (χ0) is 9.97. The van der Waals surface area contributed by atoms with Crippen LogP contribution in [0.2, 0.25) is 0 Å². The van der Waals surface area contributed by atoms with Gasteiger partial charge >= 0.3 is 0 Å². The molecule has 4 heteroatoms. The third-order valence-electron chi connectivity index (χ3n) is 2.48. The maximum atomic E-state index is 13.5. The van der Waals surface area contributed by atoms with Crippen LogP contribution >= 0.6 is 15.9 Å². The van der Waals surface area contributed by atoms with Gasteiger partial charge in [0.15, 0.2) is 0 Å². The van der Waals surface area contributed by atoms with Gasteiger partial charge in [0, 0.05) is 10.7 Å². The summed E-state index contributed by atoms with van der Waals surface area (Å²) in [6.07, 6.45) is 4.95. The molecule has 2 heterocycles. The molecule has 1 aromatic heterocycles. The van der Waals surface area contributed by atoms with Gasteiger partial charge in [-0.15, -0.1) is 0 Å². The molecule has 1 N–H and O–H groups in total. The minimum atomic E-state index is -0.223. The van der Waals surface area contributed by atoms with Gasteiger partial charge in [-0.2, -0.15) is 0 Å². The van der Waals surface area contributed by atoms with E-state index in [2.05, 4.69) is 26.2 Å². The second-order valence-electron chi connectivity index (χ2n) is 3.52. The lowest BCUT2D eigenvalue weighted by molar-refractivity contribution is 0.391. The van der Waals surface area contributed by atoms with E-state index >= 15 is 0 Å². The van der Waals surface area contributed by atoms with E-state index in [1.54, 1.807) is 6.20 Å². The number of halogens is 2. The fraction of sp³-hybridized carbons (Fsp3) is 0.500. The van der Waals surface area contributed by atoms with Crippen LogP contribution in [0.25, 0.3) is 0 Å². The van der Waals surface area contributed by atoms with Gasteiger partial charge in [-0.05, 0) is 41.4 Å². The first-order valence-corrected chi connectivity index (χ1v) is 5.61. The van der Waals surface area contributed by atoms with Crippen molar-refractivity contribution in [2.45, 2.75) is 25.3 Å². The standard InChI is InChI=1S/C10H12BrFN2/c11-7-5-8(12)10(14-6-7)9-3-1-2-4-13-9/h5-6,9,13H,1-4H2. The van der Waals surface area contributed by atoms with E-state index < -0.39 is 0 Å². The third kappa shape index (κ3) is 2.12. The van der Waals surface area contributed by atoms with Crippen molar-refractivity contribution in [1.82, 2.24) is 10.3 Å². The average molecular weight is 259 g/mol. The van der Waals surface area contributed by atoms with Crippen molar-refractivity contribution in [2.75, 3.05) is 6.54 Å². The number of pyridine rings is 1. The first-order valence-electron chi connectivity index (χ1n) is 4.81. The molecule has 1 saturated heterocycles. The highest BCUT2D eigenvalue weighted by molar-refractivity contribution is 9.10. The van der Waals surface area contributed by atoms with Gasteiger partial charge in [0.25, 0.3) is 0 Å². The molecule has 76 valence electrons. The number of hydrogen-bond acceptors (Lipinski definition) is 2. The lowest BCUT2D eigenvalue weighted by atomic mass is 10.0. The Bertz CT molecular complexity index is 324. The number of hydrogen-bond donors (Lipinski definition) is 1. The van der Waals surface area contributed by atoms with E-state index in [4.69, 9.17) is 0 Å². The topological polar surface area (TPSA) is 24.9 Å². The molecule has 1 aromatic rings. The highest BCUT2D eigenvalue weighted by atomic mass is 79.9. The SMILES string of the molecule is Fc1cc(Br)cnc1C1CCCCN1. The summed E-state index contributed by atoms with van der Waals surface area (Å²) in [5, 5.41) is 3.28. The first-order chi connectivity index (χ1) is 6.77. The molecule has 1 aliphatic heterocycles. The fourth-order valence-electron chi connectivity index (χ4n) is 1.77. The fourth-order valence-corrected chi connectivity index (χ4v) is 2.07. The number of piperidine rings is 1. The summed E-state index contributed by atoms with van der Waals surface area (Å²) in [5.41, 5.74) is 0.549. The van der Waals surface area contributed by atoms with Crippen LogP contribution in [0.3, 0.4) is 0 Å². The molecule has 0 spiro atoms. The lowest BCUT2D eigenvalue weighted by Gasteiger charge is -2.23. The lowest BCUT2D eigenvalue weighted by Crippen LogP contribution is -2.28. The summed E-state index contributed by atoms with van der Waals surface area (Å²) in [5.74, 6) is -0.223. The molecule has 0 radical (unpaired) electrons. The Morgan fingerprint density at radius 3 is 3.00 bits per heavy atom. The van der Waals surface area contributed by atoms with E-state index in [-0.39, 0.29) is 11.9 Å². The molecule has 0 aromatic carbocycles. The molecule has 0 saturated carbocycles. The van der Waals surface area contributed by atoms with Crippen molar-refractivity contribution in [2.24, 2.45) is 0 Å². The van der Waals surface area contributed by atoms with Crippen molar-refractivity contribution in [3.8, 4) is 0 Å². The molecular formula is C10H12BrFN2. The quantitative estimate of drug-likeness (QED) is 0.838. The number of nitrogens with zero attached hydrogens (tertiary/aromatic N) is 1. The van der Waals surface area contributed by atoms with Crippen LogP contribution in [0.1, 0.15) is 31.0 Å². The van der Waals surface area contributed by atoms with Crippen LogP contribution in [-0.2, 0) is 0 Å². The maximum absolute atomic E-state index is 13.5. The summed E-state index contributed by atoms with van der Waals surface area (Å²) in [4.78, 5) is 4.12. The minimum absolute atomic E-state index is 0.0943. The van der Waals surface area contributed by atoms with Crippen molar-refractivity contribution >= 4 is 15.9 Å². The van der Waals surface area contributed by atoms with E-state index in [0.29, 0.717) is 10.2 Å². The van der Waals surface area contributed by atoms with Crippen LogP contribution in [-0.4, -0.2) is 11.5 Å². The molecule has 2 nitrogen and oxygen atoms in total. The first kappa shape index (κ1) is 10.1. The van der Waals surface area contributed by atoms with Gasteiger partial charge < -0.3 is 5.32 Å². The monoisotopic (exact) mass is 258 g/mol. The van der Waals surface area contributed by atoms with E-state index in [9.17, 15) is 4.39 Å². The van der Waals surface area contributed by atoms with E-state index in [1.807, 2.05) is 0 Å². The summed E-state index contributed by atoms with van der Waals surface area (Å²) in [6.45, 7) is 0.960. The normalized spacial score (nSPS) is 22.3. The van der Waals surface area contributed by atoms with Crippen molar-refractivity contribution < 1.29 is 4.39 Å². The molecular weight excluding hydrogens is 247 g/mol. The van der Waals surface area contributed by atoms with Gasteiger partial charge in [-0.25, -0.2) is 4.39 Å². The van der Waals surface area contributed by atoms with Crippen LogP contribution in [0.15, 0.2) is 16.7 Å². The zero-order valence-corrected chi connectivity index (χ0v) is 9.35. The summed E-state index contributed by atoms with van der Waals surface area (Å²) in [7, 11) is 0. The molecule has 14 heavy (non-hydrogen) atoms. The van der Waals surface area contributed by atoms with E-state index in [0.717, 1.165) is 19.4 Å². The third-order valence-corrected chi connectivity index (χ3v) is 2.91. The number of nitrogens with one attached hydrogen (secondary N) is 1. The Labute approximate surface area is 91.1 Å². The predicted octanol–water partition coefficient (Wildman–Crippen LogP) is 2.80. The Morgan fingerprint density at radius 2 is 2.36 bits per heavy atom. The maximum Gasteiger partial charge on any atom is 0.147 e. The molecule has 1 atom stereocenters. The highest BCUT2D eigenvalue weighted by Crippen LogP contribution is 2.24. The molecule has 0 bridgehead atoms. The Kier molecular flexibility index (Phi) is 3.13. The Morgan fingerprint density at radius 1 is 1.50 bits per heavy atom. The van der Waals surface area contributed by atoms with Gasteiger partial charge in [0.1, 0.15) is 5.82 Å². The largest absolute Gasteiger partial charge is 0.309 e. The van der Waals surface area contributed by atoms with Gasteiger partial charge in [-0.3, -0.25) is 4.98 Å². The van der Waals surface area contributed by atoms with Crippen molar-refractivity contribution in [1.29, 1.82) is 0 Å². The average Bonchev–Trinajstić information content (AvgIpc) is 2.19. The minimum Gasteiger partial charge on any atom is -0.309 e. The van der Waals surface area contributed by atoms with Crippen LogP contribution in [0, 0.1) is 5.82 Å². The number of rotatable bonds is 1. The van der Waals surface area contributed by atoms with Crippen LogP contribution in [0.5, 0.6) is 0 Å². The smallest absolute Gasteiger partial charge is 0.147 e. The van der Waals surface area contributed by atoms with Gasteiger partial charge in [0.2, 0.25) is 0 Å². The zero-order valence-electron chi connectivity index (χ0n) is 7.76. The molecule has 0 aliphatic carbocycles. The Balaban J connectivity index is 2.22. The van der Waals surface area contributed by atoms with Crippen molar-refractivity contribution in [3.63, 3.8) is 0 Å². The second-order valence-corrected chi connectivity index (χ2v) is 4.44. The summed E-state index contributed by atoms with van der Waals surface area (Å²) < 4.78 is 14.2. The molecule has 1 fully saturated rings. The van der Waals surface area contributed by atoms with E-state index in [1.165, 1.54) is 12.5 Å². The number of aromatic nitrogens is 1. The molecule has 1 unspecified atom stereocenters. The molecule has 2 rings (SSSR count). The second kappa shape index (κ2) is 4.36. The Hall–Kier alpha value is -0.480. The van der Waals surface area contributed by atoms with Gasteiger partial charge in [0.05, 0.1) is 11.7 Å². The summed E-state index contributed by atoms with van der Waals surface area (Å²) >= 11 is 3.20. The predicted molar refractivity (Wildman–Crippen MR) is 56.5 cm³/mol.